The van der Waals surface area contributed by atoms with Crippen molar-refractivity contribution in [2.45, 2.75) is 53.1 Å². The molecule has 0 aromatic heterocycles. The van der Waals surface area contributed by atoms with Gasteiger partial charge in [-0.3, -0.25) is 9.59 Å². The summed E-state index contributed by atoms with van der Waals surface area (Å²) in [5.74, 6) is 5.57. The Morgan fingerprint density at radius 3 is 2.56 bits per heavy atom. The van der Waals surface area contributed by atoms with Gasteiger partial charge < -0.3 is 9.64 Å². The lowest BCUT2D eigenvalue weighted by atomic mass is 9.86. The second kappa shape index (κ2) is 9.08. The first-order valence-corrected chi connectivity index (χ1v) is 9.75. The number of nitrogens with zero attached hydrogens (tertiary/aromatic N) is 1. The van der Waals surface area contributed by atoms with E-state index in [1.165, 1.54) is 0 Å². The van der Waals surface area contributed by atoms with Crippen LogP contribution in [0.15, 0.2) is 30.3 Å². The van der Waals surface area contributed by atoms with Crippen LogP contribution >= 0.6 is 0 Å². The van der Waals surface area contributed by atoms with E-state index in [0.29, 0.717) is 6.54 Å². The Morgan fingerprint density at radius 1 is 1.30 bits per heavy atom. The fraction of sp³-hybridized carbons (Fsp3) is 0.565. The maximum absolute atomic E-state index is 12.9. The van der Waals surface area contributed by atoms with E-state index in [-0.39, 0.29) is 17.8 Å². The minimum atomic E-state index is -0.636. The second-order valence-electron chi connectivity index (χ2n) is 8.26. The lowest BCUT2D eigenvalue weighted by Crippen LogP contribution is -2.33. The van der Waals surface area contributed by atoms with Gasteiger partial charge in [-0.05, 0) is 32.8 Å². The zero-order valence-electron chi connectivity index (χ0n) is 17.1. The van der Waals surface area contributed by atoms with Gasteiger partial charge >= 0.3 is 5.97 Å². The van der Waals surface area contributed by atoms with Gasteiger partial charge in [0.25, 0.3) is 0 Å². The van der Waals surface area contributed by atoms with Crippen molar-refractivity contribution in [1.82, 2.24) is 4.90 Å². The molecule has 0 saturated carbocycles. The van der Waals surface area contributed by atoms with Gasteiger partial charge in [0.2, 0.25) is 5.91 Å². The molecule has 2 rings (SSSR count). The molecule has 1 fully saturated rings. The van der Waals surface area contributed by atoms with Gasteiger partial charge in [-0.2, -0.15) is 0 Å². The molecule has 0 bridgehead atoms. The van der Waals surface area contributed by atoms with Crippen LogP contribution in [0.3, 0.4) is 0 Å². The molecule has 1 heterocycles. The van der Waals surface area contributed by atoms with Crippen molar-refractivity contribution in [3.8, 4) is 11.8 Å². The summed E-state index contributed by atoms with van der Waals surface area (Å²) in [5.41, 5.74) is 0.201. The van der Waals surface area contributed by atoms with Crippen LogP contribution in [-0.2, 0) is 14.3 Å². The van der Waals surface area contributed by atoms with Crippen molar-refractivity contribution in [2.24, 2.45) is 17.3 Å². The molecule has 0 N–H and O–H groups in total. The Kier molecular flexibility index (Phi) is 7.07. The van der Waals surface area contributed by atoms with E-state index in [1.54, 1.807) is 11.9 Å². The number of esters is 1. The monoisotopic (exact) mass is 369 g/mol. The normalized spacial score (nSPS) is 20.8. The fourth-order valence-electron chi connectivity index (χ4n) is 3.15. The predicted octanol–water partition coefficient (Wildman–Crippen LogP) is 4.22. The average Bonchev–Trinajstić information content (AvgIpc) is 2.90. The van der Waals surface area contributed by atoms with Crippen molar-refractivity contribution >= 4 is 11.9 Å². The Bertz CT molecular complexity index is 709. The maximum Gasteiger partial charge on any atom is 0.311 e. The molecule has 0 spiro atoms. The molecule has 1 aromatic carbocycles. The van der Waals surface area contributed by atoms with Crippen LogP contribution in [0.25, 0.3) is 0 Å². The van der Waals surface area contributed by atoms with Crippen molar-refractivity contribution in [2.75, 3.05) is 13.6 Å². The van der Waals surface area contributed by atoms with Crippen LogP contribution in [0.5, 0.6) is 0 Å². The van der Waals surface area contributed by atoms with E-state index in [0.717, 1.165) is 24.8 Å². The van der Waals surface area contributed by atoms with Gasteiger partial charge in [0.1, 0.15) is 6.10 Å². The summed E-state index contributed by atoms with van der Waals surface area (Å²) in [4.78, 5) is 27.2. The average molecular weight is 370 g/mol. The van der Waals surface area contributed by atoms with E-state index in [1.807, 2.05) is 51.1 Å². The van der Waals surface area contributed by atoms with Gasteiger partial charge in [-0.25, -0.2) is 0 Å². The van der Waals surface area contributed by atoms with Crippen molar-refractivity contribution < 1.29 is 14.3 Å². The Morgan fingerprint density at radius 2 is 1.96 bits per heavy atom. The molecule has 0 aliphatic carbocycles. The molecule has 1 aliphatic heterocycles. The van der Waals surface area contributed by atoms with E-state index < -0.39 is 17.4 Å². The van der Waals surface area contributed by atoms with Crippen LogP contribution in [-0.4, -0.2) is 30.4 Å². The minimum Gasteiger partial charge on any atom is -0.456 e. The Balaban J connectivity index is 2.36. The first-order valence-electron chi connectivity index (χ1n) is 9.75. The quantitative estimate of drug-likeness (QED) is 0.444. The van der Waals surface area contributed by atoms with Gasteiger partial charge in [0, 0.05) is 20.0 Å². The molecular formula is C23H31NO3. The topological polar surface area (TPSA) is 46.6 Å². The standard InChI is InChI=1S/C23H31NO3/c1-6-7-8-10-15-18-16-24(5)21(25)19(18)20(17-13-11-9-12-14-17)27-22(26)23(2,3)4/h9,11-14,18-20H,6-8,16H2,1-5H3. The number of amides is 1. The summed E-state index contributed by atoms with van der Waals surface area (Å²) in [7, 11) is 1.79. The molecule has 27 heavy (non-hydrogen) atoms. The molecule has 0 radical (unpaired) electrons. The number of carbonyl (C=O) groups is 2. The van der Waals surface area contributed by atoms with Crippen molar-refractivity contribution in [3.63, 3.8) is 0 Å². The second-order valence-corrected chi connectivity index (χ2v) is 8.26. The van der Waals surface area contributed by atoms with Crippen molar-refractivity contribution in [3.05, 3.63) is 35.9 Å². The van der Waals surface area contributed by atoms with Crippen molar-refractivity contribution in [1.29, 1.82) is 0 Å². The molecule has 4 nitrogen and oxygen atoms in total. The fourth-order valence-corrected chi connectivity index (χ4v) is 3.15. The van der Waals surface area contributed by atoms with Gasteiger partial charge in [-0.15, -0.1) is 5.92 Å². The molecule has 3 atom stereocenters. The predicted molar refractivity (Wildman–Crippen MR) is 107 cm³/mol. The maximum atomic E-state index is 12.9. The van der Waals surface area contributed by atoms with E-state index in [9.17, 15) is 9.59 Å². The van der Waals surface area contributed by atoms with E-state index in [4.69, 9.17) is 4.74 Å². The summed E-state index contributed by atoms with van der Waals surface area (Å²) < 4.78 is 5.91. The van der Waals surface area contributed by atoms with Gasteiger partial charge in [-0.1, -0.05) is 49.6 Å². The highest BCUT2D eigenvalue weighted by molar-refractivity contribution is 5.83. The number of hydrogen-bond donors (Lipinski definition) is 0. The molecule has 146 valence electrons. The number of carbonyl (C=O) groups excluding carboxylic acids is 2. The van der Waals surface area contributed by atoms with E-state index in [2.05, 4.69) is 18.8 Å². The number of unbranched alkanes of at least 4 members (excludes halogenated alkanes) is 2. The first-order chi connectivity index (χ1) is 12.8. The zero-order valence-corrected chi connectivity index (χ0v) is 17.1. The summed E-state index contributed by atoms with van der Waals surface area (Å²) >= 11 is 0. The molecule has 1 aromatic rings. The summed E-state index contributed by atoms with van der Waals surface area (Å²) in [5, 5.41) is 0. The molecule has 1 amide bonds. The highest BCUT2D eigenvalue weighted by atomic mass is 16.5. The van der Waals surface area contributed by atoms with Crippen LogP contribution in [0.2, 0.25) is 0 Å². The SMILES string of the molecule is CCCCC#CC1CN(C)C(=O)C1C(OC(=O)C(C)(C)C)c1ccccc1. The third-order valence-corrected chi connectivity index (χ3v) is 4.81. The number of ether oxygens (including phenoxy) is 1. The van der Waals surface area contributed by atoms with Crippen LogP contribution in [0, 0.1) is 29.1 Å². The summed E-state index contributed by atoms with van der Waals surface area (Å²) in [6.07, 6.45) is 2.35. The third-order valence-electron chi connectivity index (χ3n) is 4.81. The summed E-state index contributed by atoms with van der Waals surface area (Å²) in [6, 6.07) is 9.54. The number of hydrogen-bond acceptors (Lipinski definition) is 3. The highest BCUT2D eigenvalue weighted by Crippen LogP contribution is 2.38. The van der Waals surface area contributed by atoms with Gasteiger partial charge in [0.05, 0.1) is 17.3 Å². The molecule has 4 heteroatoms. The number of likely N-dealkylation sites (tertiary alicyclic amines) is 1. The first kappa shape index (κ1) is 21.0. The molecule has 1 saturated heterocycles. The number of rotatable bonds is 5. The van der Waals surface area contributed by atoms with Crippen LogP contribution in [0.4, 0.5) is 0 Å². The highest BCUT2D eigenvalue weighted by Gasteiger charge is 2.46. The minimum absolute atomic E-state index is 0.0136. The Labute approximate surface area is 163 Å². The Hall–Kier alpha value is -2.28. The van der Waals surface area contributed by atoms with Crippen LogP contribution in [0.1, 0.15) is 58.6 Å². The molecular weight excluding hydrogens is 338 g/mol. The smallest absolute Gasteiger partial charge is 0.311 e. The number of benzene rings is 1. The van der Waals surface area contributed by atoms with Gasteiger partial charge in [0.15, 0.2) is 0 Å². The largest absolute Gasteiger partial charge is 0.456 e. The zero-order chi connectivity index (χ0) is 20.0. The summed E-state index contributed by atoms with van der Waals surface area (Å²) in [6.45, 7) is 8.17. The molecule has 3 unspecified atom stereocenters. The van der Waals surface area contributed by atoms with E-state index >= 15 is 0 Å². The third kappa shape index (κ3) is 5.35. The lowest BCUT2D eigenvalue weighted by Gasteiger charge is -2.28. The molecule has 1 aliphatic rings. The van der Waals surface area contributed by atoms with Crippen LogP contribution < -0.4 is 0 Å². The lowest BCUT2D eigenvalue weighted by molar-refractivity contribution is -0.164.